The van der Waals surface area contributed by atoms with E-state index in [9.17, 15) is 4.39 Å². The summed E-state index contributed by atoms with van der Waals surface area (Å²) in [5.41, 5.74) is 1.88. The van der Waals surface area contributed by atoms with Crippen LogP contribution in [0.4, 0.5) is 10.1 Å². The highest BCUT2D eigenvalue weighted by Crippen LogP contribution is 2.34. The average molecular weight is 407 g/mol. The maximum atomic E-state index is 14.3. The summed E-state index contributed by atoms with van der Waals surface area (Å²) < 4.78 is 16.3. The quantitative estimate of drug-likeness (QED) is 0.644. The summed E-state index contributed by atoms with van der Waals surface area (Å²) in [5.74, 6) is 0.767. The Morgan fingerprint density at radius 1 is 0.867 bits per heavy atom. The summed E-state index contributed by atoms with van der Waals surface area (Å²) >= 11 is 0. The maximum Gasteiger partial charge on any atom is 0.173 e. The highest BCUT2D eigenvalue weighted by atomic mass is 19.1. The summed E-state index contributed by atoms with van der Waals surface area (Å²) in [4.78, 5) is 4.57. The minimum Gasteiger partial charge on any atom is -0.367 e. The van der Waals surface area contributed by atoms with E-state index in [2.05, 4.69) is 54.3 Å². The zero-order chi connectivity index (χ0) is 20.3. The van der Waals surface area contributed by atoms with Crippen molar-refractivity contribution in [2.45, 2.75) is 37.8 Å². The van der Waals surface area contributed by atoms with Gasteiger partial charge in [-0.15, -0.1) is 5.10 Å². The van der Waals surface area contributed by atoms with Gasteiger partial charge in [-0.3, -0.25) is 4.90 Å². The Morgan fingerprint density at radius 2 is 1.57 bits per heavy atom. The number of rotatable bonds is 5. The number of benzene rings is 2. The molecule has 0 amide bonds. The zero-order valence-electron chi connectivity index (χ0n) is 17.1. The van der Waals surface area contributed by atoms with Crippen LogP contribution >= 0.6 is 0 Å². The van der Waals surface area contributed by atoms with Gasteiger partial charge in [-0.2, -0.15) is 0 Å². The minimum atomic E-state index is -0.157. The molecule has 156 valence electrons. The second-order valence-electron chi connectivity index (χ2n) is 8.21. The molecule has 2 aliphatic rings. The molecule has 0 radical (unpaired) electrons. The van der Waals surface area contributed by atoms with Crippen LogP contribution in [-0.2, 0) is 0 Å². The summed E-state index contributed by atoms with van der Waals surface area (Å²) in [6.07, 6.45) is 4.75. The first-order valence-corrected chi connectivity index (χ1v) is 10.9. The Bertz CT molecular complexity index is 961. The second kappa shape index (κ2) is 8.52. The molecule has 1 aliphatic heterocycles. The predicted molar refractivity (Wildman–Crippen MR) is 114 cm³/mol. The summed E-state index contributed by atoms with van der Waals surface area (Å²) in [7, 11) is 0. The number of hydrogen-bond donors (Lipinski definition) is 0. The molecule has 1 aromatic heterocycles. The molecule has 0 unspecified atom stereocenters. The van der Waals surface area contributed by atoms with Crippen LogP contribution in [0.1, 0.15) is 49.2 Å². The highest BCUT2D eigenvalue weighted by molar-refractivity contribution is 5.48. The van der Waals surface area contributed by atoms with E-state index in [1.165, 1.54) is 24.5 Å². The number of para-hydroxylation sites is 1. The van der Waals surface area contributed by atoms with Crippen molar-refractivity contribution in [1.82, 2.24) is 25.1 Å². The first kappa shape index (κ1) is 19.2. The van der Waals surface area contributed by atoms with Crippen molar-refractivity contribution >= 4 is 5.69 Å². The standard InChI is InChI=1S/C23H27FN6/c24-20-12-6-7-13-21(20)28-14-16-29(17-15-28)22(18-8-2-1-3-9-18)23-25-26-27-30(23)19-10-4-5-11-19/h1-3,6-9,12-13,19,22H,4-5,10-11,14-17H2/t22-/m1/s1. The molecule has 0 bridgehead atoms. The number of anilines is 1. The van der Waals surface area contributed by atoms with Gasteiger partial charge in [-0.05, 0) is 41.0 Å². The Morgan fingerprint density at radius 3 is 2.30 bits per heavy atom. The molecule has 1 aliphatic carbocycles. The van der Waals surface area contributed by atoms with Crippen LogP contribution in [0.2, 0.25) is 0 Å². The van der Waals surface area contributed by atoms with E-state index in [0.717, 1.165) is 44.8 Å². The van der Waals surface area contributed by atoms with E-state index in [-0.39, 0.29) is 11.9 Å². The second-order valence-corrected chi connectivity index (χ2v) is 8.21. The molecule has 1 saturated heterocycles. The smallest absolute Gasteiger partial charge is 0.173 e. The lowest BCUT2D eigenvalue weighted by atomic mass is 10.0. The molecule has 1 atom stereocenters. The molecular weight excluding hydrogens is 379 g/mol. The fourth-order valence-electron chi connectivity index (χ4n) is 4.88. The SMILES string of the molecule is Fc1ccccc1N1CCN([C@H](c2ccccc2)c2nnnn2C2CCCC2)CC1. The molecule has 2 fully saturated rings. The maximum absolute atomic E-state index is 14.3. The molecule has 0 N–H and O–H groups in total. The van der Waals surface area contributed by atoms with Crippen LogP contribution in [0, 0.1) is 5.82 Å². The van der Waals surface area contributed by atoms with Gasteiger partial charge >= 0.3 is 0 Å². The lowest BCUT2D eigenvalue weighted by Crippen LogP contribution is -2.48. The highest BCUT2D eigenvalue weighted by Gasteiger charge is 2.33. The number of piperazine rings is 1. The van der Waals surface area contributed by atoms with Crippen molar-refractivity contribution in [3.63, 3.8) is 0 Å². The predicted octanol–water partition coefficient (Wildman–Crippen LogP) is 3.84. The van der Waals surface area contributed by atoms with Gasteiger partial charge in [-0.25, -0.2) is 9.07 Å². The van der Waals surface area contributed by atoms with Gasteiger partial charge in [0.25, 0.3) is 0 Å². The number of nitrogens with zero attached hydrogens (tertiary/aromatic N) is 6. The van der Waals surface area contributed by atoms with Crippen molar-refractivity contribution in [2.24, 2.45) is 0 Å². The van der Waals surface area contributed by atoms with E-state index in [1.54, 1.807) is 6.07 Å². The fraction of sp³-hybridized carbons (Fsp3) is 0.435. The van der Waals surface area contributed by atoms with Gasteiger partial charge in [0.05, 0.1) is 17.8 Å². The Hall–Kier alpha value is -2.80. The number of tetrazole rings is 1. The minimum absolute atomic E-state index is 0.00423. The van der Waals surface area contributed by atoms with Crippen LogP contribution in [-0.4, -0.2) is 51.3 Å². The van der Waals surface area contributed by atoms with Crippen LogP contribution in [0.3, 0.4) is 0 Å². The molecule has 7 heteroatoms. The third-order valence-corrected chi connectivity index (χ3v) is 6.42. The molecule has 2 heterocycles. The third kappa shape index (κ3) is 3.69. The summed E-state index contributed by atoms with van der Waals surface area (Å²) in [5, 5.41) is 12.9. The van der Waals surface area contributed by atoms with E-state index < -0.39 is 0 Å². The Balaban J connectivity index is 1.42. The molecule has 6 nitrogen and oxygen atoms in total. The first-order chi connectivity index (χ1) is 14.8. The van der Waals surface area contributed by atoms with Crippen molar-refractivity contribution in [3.8, 4) is 0 Å². The van der Waals surface area contributed by atoms with E-state index in [0.29, 0.717) is 11.7 Å². The van der Waals surface area contributed by atoms with Gasteiger partial charge in [-0.1, -0.05) is 55.3 Å². The van der Waals surface area contributed by atoms with E-state index in [1.807, 2.05) is 18.2 Å². The first-order valence-electron chi connectivity index (χ1n) is 10.9. The Kier molecular flexibility index (Phi) is 5.45. The van der Waals surface area contributed by atoms with Crippen LogP contribution < -0.4 is 4.90 Å². The van der Waals surface area contributed by atoms with Crippen molar-refractivity contribution in [1.29, 1.82) is 0 Å². The van der Waals surface area contributed by atoms with Gasteiger partial charge in [0, 0.05) is 26.2 Å². The van der Waals surface area contributed by atoms with Gasteiger partial charge in [0.1, 0.15) is 5.82 Å². The van der Waals surface area contributed by atoms with Crippen LogP contribution in [0.5, 0.6) is 0 Å². The molecule has 5 rings (SSSR count). The van der Waals surface area contributed by atoms with Crippen molar-refractivity contribution < 1.29 is 4.39 Å². The van der Waals surface area contributed by atoms with Gasteiger partial charge < -0.3 is 4.90 Å². The molecule has 2 aromatic carbocycles. The van der Waals surface area contributed by atoms with E-state index >= 15 is 0 Å². The van der Waals surface area contributed by atoms with E-state index in [4.69, 9.17) is 0 Å². The van der Waals surface area contributed by atoms with Crippen LogP contribution in [0.15, 0.2) is 54.6 Å². The monoisotopic (exact) mass is 406 g/mol. The average Bonchev–Trinajstić information content (AvgIpc) is 3.48. The number of halogens is 1. The molecule has 3 aromatic rings. The summed E-state index contributed by atoms with van der Waals surface area (Å²) in [6, 6.07) is 17.9. The largest absolute Gasteiger partial charge is 0.367 e. The topological polar surface area (TPSA) is 50.1 Å². The van der Waals surface area contributed by atoms with Gasteiger partial charge in [0.2, 0.25) is 0 Å². The van der Waals surface area contributed by atoms with Crippen molar-refractivity contribution in [3.05, 3.63) is 71.8 Å². The molecular formula is C23H27FN6. The zero-order valence-corrected chi connectivity index (χ0v) is 17.1. The summed E-state index contributed by atoms with van der Waals surface area (Å²) in [6.45, 7) is 3.20. The number of hydrogen-bond acceptors (Lipinski definition) is 5. The lowest BCUT2D eigenvalue weighted by molar-refractivity contribution is 0.197. The third-order valence-electron chi connectivity index (χ3n) is 6.42. The fourth-order valence-corrected chi connectivity index (χ4v) is 4.88. The normalized spacial score (nSPS) is 19.3. The lowest BCUT2D eigenvalue weighted by Gasteiger charge is -2.40. The van der Waals surface area contributed by atoms with Crippen molar-refractivity contribution in [2.75, 3.05) is 31.1 Å². The van der Waals surface area contributed by atoms with Crippen LogP contribution in [0.25, 0.3) is 0 Å². The molecule has 30 heavy (non-hydrogen) atoms. The Labute approximate surface area is 176 Å². The van der Waals surface area contributed by atoms with Gasteiger partial charge in [0.15, 0.2) is 5.82 Å². The molecule has 0 spiro atoms. The molecule has 1 saturated carbocycles. The number of aromatic nitrogens is 4.